The Labute approximate surface area is 140 Å². The largest absolute Gasteiger partial charge is 0.435 e. The third kappa shape index (κ3) is 5.42. The molecule has 5 nitrogen and oxygen atoms in total. The quantitative estimate of drug-likeness (QED) is 0.796. The first kappa shape index (κ1) is 18.6. The fourth-order valence-electron chi connectivity index (χ4n) is 3.06. The molecule has 1 heterocycles. The van der Waals surface area contributed by atoms with Crippen LogP contribution in [0.25, 0.3) is 0 Å². The molecular formula is C17H24F2N2O3. The molecule has 1 aliphatic rings. The number of nitrogens with one attached hydrogen (secondary N) is 1. The number of amides is 1. The first-order valence-corrected chi connectivity index (χ1v) is 8.15. The van der Waals surface area contributed by atoms with E-state index in [1.165, 1.54) is 12.1 Å². The predicted molar refractivity (Wildman–Crippen MR) is 85.8 cm³/mol. The summed E-state index contributed by atoms with van der Waals surface area (Å²) < 4.78 is 28.4. The zero-order chi connectivity index (χ0) is 17.5. The van der Waals surface area contributed by atoms with Gasteiger partial charge in [-0.25, -0.2) is 0 Å². The van der Waals surface area contributed by atoms with Crippen molar-refractivity contribution in [3.8, 4) is 5.75 Å². The maximum absolute atomic E-state index is 12.1. The molecule has 2 N–H and O–H groups in total. The van der Waals surface area contributed by atoms with E-state index in [1.807, 2.05) is 4.90 Å². The lowest BCUT2D eigenvalue weighted by Crippen LogP contribution is -2.50. The summed E-state index contributed by atoms with van der Waals surface area (Å²) in [6.45, 7) is 0.682. The predicted octanol–water partition coefficient (Wildman–Crippen LogP) is 2.00. The monoisotopic (exact) mass is 342 g/mol. The molecule has 1 amide bonds. The van der Waals surface area contributed by atoms with Crippen molar-refractivity contribution in [1.29, 1.82) is 0 Å². The zero-order valence-corrected chi connectivity index (χ0v) is 13.8. The van der Waals surface area contributed by atoms with E-state index < -0.39 is 6.61 Å². The second-order valence-corrected chi connectivity index (χ2v) is 6.14. The smallest absolute Gasteiger partial charge is 0.387 e. The van der Waals surface area contributed by atoms with E-state index >= 15 is 0 Å². The van der Waals surface area contributed by atoms with Crippen LogP contribution in [0.4, 0.5) is 8.78 Å². The summed E-state index contributed by atoms with van der Waals surface area (Å²) in [6.07, 6.45) is 2.09. The van der Waals surface area contributed by atoms with Crippen molar-refractivity contribution in [2.45, 2.75) is 39.0 Å². The molecule has 2 unspecified atom stereocenters. The van der Waals surface area contributed by atoms with Crippen molar-refractivity contribution in [3.63, 3.8) is 0 Å². The summed E-state index contributed by atoms with van der Waals surface area (Å²) in [5, 5.41) is 12.3. The Kier molecular flexibility index (Phi) is 6.93. The number of likely N-dealkylation sites (tertiary alicyclic amines) is 1. The third-order valence-electron chi connectivity index (χ3n) is 4.40. The van der Waals surface area contributed by atoms with Gasteiger partial charge in [0.05, 0.1) is 13.2 Å². The summed E-state index contributed by atoms with van der Waals surface area (Å²) in [6, 6.07) is 6.19. The number of hydrogen-bond donors (Lipinski definition) is 2. The number of benzene rings is 1. The summed E-state index contributed by atoms with van der Waals surface area (Å²) >= 11 is 0. The molecule has 0 saturated carbocycles. The van der Waals surface area contributed by atoms with Crippen molar-refractivity contribution in [1.82, 2.24) is 10.2 Å². The maximum atomic E-state index is 12.1. The van der Waals surface area contributed by atoms with Gasteiger partial charge in [-0.2, -0.15) is 8.78 Å². The Bertz CT molecular complexity index is 525. The lowest BCUT2D eigenvalue weighted by atomic mass is 9.91. The summed E-state index contributed by atoms with van der Waals surface area (Å²) in [5.74, 6) is 0.350. The van der Waals surface area contributed by atoms with E-state index in [1.54, 1.807) is 12.1 Å². The molecule has 2 atom stereocenters. The fraction of sp³-hybridized carbons (Fsp3) is 0.588. The standard InChI is InChI=1S/C17H24F2N2O3/c1-12-3-2-8-21(15(12)11-22)10-16(23)20-9-13-4-6-14(7-5-13)24-17(18)19/h4-7,12,15,17,22H,2-3,8-11H2,1H3,(H,20,23). The van der Waals surface area contributed by atoms with Crippen LogP contribution in [-0.2, 0) is 11.3 Å². The van der Waals surface area contributed by atoms with Crippen LogP contribution >= 0.6 is 0 Å². The molecule has 0 radical (unpaired) electrons. The first-order chi connectivity index (χ1) is 11.5. The molecule has 0 aromatic heterocycles. The molecule has 1 aromatic carbocycles. The minimum absolute atomic E-state index is 0.0234. The molecular weight excluding hydrogens is 318 g/mol. The van der Waals surface area contributed by atoms with E-state index in [4.69, 9.17) is 0 Å². The van der Waals surface area contributed by atoms with E-state index in [-0.39, 0.29) is 30.9 Å². The number of carbonyl (C=O) groups is 1. The Morgan fingerprint density at radius 3 is 2.75 bits per heavy atom. The van der Waals surface area contributed by atoms with Crippen LogP contribution in [0.1, 0.15) is 25.3 Å². The van der Waals surface area contributed by atoms with E-state index in [9.17, 15) is 18.7 Å². The first-order valence-electron chi connectivity index (χ1n) is 8.15. The van der Waals surface area contributed by atoms with Gasteiger partial charge in [0.15, 0.2) is 0 Å². The average molecular weight is 342 g/mol. The second-order valence-electron chi connectivity index (χ2n) is 6.14. The van der Waals surface area contributed by atoms with Gasteiger partial charge in [0, 0.05) is 12.6 Å². The van der Waals surface area contributed by atoms with Gasteiger partial charge >= 0.3 is 6.61 Å². The molecule has 1 aliphatic heterocycles. The lowest BCUT2D eigenvalue weighted by molar-refractivity contribution is -0.124. The van der Waals surface area contributed by atoms with Crippen LogP contribution in [-0.4, -0.2) is 48.3 Å². The molecule has 0 aliphatic carbocycles. The molecule has 24 heavy (non-hydrogen) atoms. The van der Waals surface area contributed by atoms with Gasteiger partial charge < -0.3 is 15.2 Å². The number of hydrogen-bond acceptors (Lipinski definition) is 4. The van der Waals surface area contributed by atoms with E-state index in [0.29, 0.717) is 12.5 Å². The van der Waals surface area contributed by atoms with Crippen molar-refractivity contribution >= 4 is 5.91 Å². The molecule has 134 valence electrons. The lowest BCUT2D eigenvalue weighted by Gasteiger charge is -2.38. The minimum atomic E-state index is -2.85. The van der Waals surface area contributed by atoms with Gasteiger partial charge in [-0.15, -0.1) is 0 Å². The van der Waals surface area contributed by atoms with Gasteiger partial charge in [0.2, 0.25) is 5.91 Å². The summed E-state index contributed by atoms with van der Waals surface area (Å²) in [4.78, 5) is 14.1. The number of halogens is 2. The molecule has 1 saturated heterocycles. The highest BCUT2D eigenvalue weighted by Gasteiger charge is 2.28. The summed E-state index contributed by atoms with van der Waals surface area (Å²) in [7, 11) is 0. The maximum Gasteiger partial charge on any atom is 0.387 e. The number of piperidine rings is 1. The molecule has 0 spiro atoms. The normalized spacial score (nSPS) is 21.7. The number of ether oxygens (including phenoxy) is 1. The Morgan fingerprint density at radius 2 is 2.12 bits per heavy atom. The highest BCUT2D eigenvalue weighted by molar-refractivity contribution is 5.78. The van der Waals surface area contributed by atoms with Crippen molar-refractivity contribution in [2.75, 3.05) is 19.7 Å². The van der Waals surface area contributed by atoms with E-state index in [2.05, 4.69) is 17.0 Å². The Hall–Kier alpha value is -1.73. The molecule has 7 heteroatoms. The average Bonchev–Trinajstić information content (AvgIpc) is 2.54. The van der Waals surface area contributed by atoms with Gasteiger partial charge in [-0.1, -0.05) is 19.1 Å². The topological polar surface area (TPSA) is 61.8 Å². The third-order valence-corrected chi connectivity index (χ3v) is 4.40. The van der Waals surface area contributed by atoms with Gasteiger partial charge in [-0.3, -0.25) is 9.69 Å². The van der Waals surface area contributed by atoms with Crippen LogP contribution in [0.2, 0.25) is 0 Å². The fourth-order valence-corrected chi connectivity index (χ4v) is 3.06. The van der Waals surface area contributed by atoms with Crippen LogP contribution in [0.5, 0.6) is 5.75 Å². The highest BCUT2D eigenvalue weighted by atomic mass is 19.3. The van der Waals surface area contributed by atoms with Crippen molar-refractivity contribution < 1.29 is 23.4 Å². The minimum Gasteiger partial charge on any atom is -0.435 e. The van der Waals surface area contributed by atoms with Gasteiger partial charge in [-0.05, 0) is 43.0 Å². The number of nitrogens with zero attached hydrogens (tertiary/aromatic N) is 1. The Balaban J connectivity index is 1.80. The summed E-state index contributed by atoms with van der Waals surface area (Å²) in [5.41, 5.74) is 0.802. The van der Waals surface area contributed by atoms with Crippen molar-refractivity contribution in [3.05, 3.63) is 29.8 Å². The molecule has 0 bridgehead atoms. The number of carbonyl (C=O) groups excluding carboxylic acids is 1. The van der Waals surface area contributed by atoms with Crippen LogP contribution < -0.4 is 10.1 Å². The van der Waals surface area contributed by atoms with Gasteiger partial charge in [0.25, 0.3) is 0 Å². The zero-order valence-electron chi connectivity index (χ0n) is 13.8. The second kappa shape index (κ2) is 8.94. The highest BCUT2D eigenvalue weighted by Crippen LogP contribution is 2.22. The number of rotatable bonds is 7. The van der Waals surface area contributed by atoms with Crippen molar-refractivity contribution in [2.24, 2.45) is 5.92 Å². The van der Waals surface area contributed by atoms with Crippen LogP contribution in [0.3, 0.4) is 0 Å². The number of alkyl halides is 2. The SMILES string of the molecule is CC1CCCN(CC(=O)NCc2ccc(OC(F)F)cc2)C1CO. The number of aliphatic hydroxyl groups is 1. The van der Waals surface area contributed by atoms with Gasteiger partial charge in [0.1, 0.15) is 5.75 Å². The molecule has 1 fully saturated rings. The van der Waals surface area contributed by atoms with Crippen LogP contribution in [0.15, 0.2) is 24.3 Å². The Morgan fingerprint density at radius 1 is 1.42 bits per heavy atom. The van der Waals surface area contributed by atoms with Crippen LogP contribution in [0, 0.1) is 5.92 Å². The van der Waals surface area contributed by atoms with E-state index in [0.717, 1.165) is 24.9 Å². The number of aliphatic hydroxyl groups excluding tert-OH is 1. The molecule has 1 aromatic rings. The molecule has 2 rings (SSSR count).